The van der Waals surface area contributed by atoms with E-state index in [2.05, 4.69) is 23.5 Å². The maximum absolute atomic E-state index is 13.0. The molecule has 29 heavy (non-hydrogen) atoms. The topological polar surface area (TPSA) is 49.4 Å². The summed E-state index contributed by atoms with van der Waals surface area (Å²) in [5.74, 6) is -0.0727. The Balaban J connectivity index is 1.43. The van der Waals surface area contributed by atoms with Gasteiger partial charge in [0, 0.05) is 18.8 Å². The van der Waals surface area contributed by atoms with E-state index in [-0.39, 0.29) is 17.7 Å². The highest BCUT2D eigenvalue weighted by atomic mass is 16.2. The van der Waals surface area contributed by atoms with E-state index in [4.69, 9.17) is 0 Å². The van der Waals surface area contributed by atoms with Gasteiger partial charge in [-0.2, -0.15) is 0 Å². The Morgan fingerprint density at radius 1 is 1.00 bits per heavy atom. The highest BCUT2D eigenvalue weighted by molar-refractivity contribution is 5.94. The van der Waals surface area contributed by atoms with Gasteiger partial charge in [-0.1, -0.05) is 60.7 Å². The number of piperidine rings is 1. The molecule has 0 aromatic heterocycles. The van der Waals surface area contributed by atoms with Crippen molar-refractivity contribution in [3.8, 4) is 0 Å². The second kappa shape index (κ2) is 8.48. The molecule has 3 aromatic rings. The lowest BCUT2D eigenvalue weighted by atomic mass is 9.95. The Morgan fingerprint density at radius 3 is 2.62 bits per heavy atom. The molecule has 4 heteroatoms. The third-order valence-electron chi connectivity index (χ3n) is 5.77. The Labute approximate surface area is 171 Å². The van der Waals surface area contributed by atoms with Crippen LogP contribution in [0.2, 0.25) is 0 Å². The average Bonchev–Trinajstić information content (AvgIpc) is 2.75. The minimum absolute atomic E-state index is 0.00182. The van der Waals surface area contributed by atoms with Gasteiger partial charge in [-0.05, 0) is 47.7 Å². The molecule has 1 aliphatic heterocycles. The number of carbonyl (C=O) groups excluding carboxylic acids is 2. The fourth-order valence-electron chi connectivity index (χ4n) is 4.09. The van der Waals surface area contributed by atoms with Gasteiger partial charge in [0.2, 0.25) is 11.8 Å². The quantitative estimate of drug-likeness (QED) is 0.714. The van der Waals surface area contributed by atoms with E-state index in [1.165, 1.54) is 0 Å². The van der Waals surface area contributed by atoms with E-state index in [0.29, 0.717) is 13.0 Å². The van der Waals surface area contributed by atoms with Crippen LogP contribution in [-0.2, 0) is 16.0 Å². The number of nitrogens with zero attached hydrogens (tertiary/aromatic N) is 1. The molecule has 0 aliphatic carbocycles. The molecular formula is C25H26N2O2. The highest BCUT2D eigenvalue weighted by Gasteiger charge is 2.28. The lowest BCUT2D eigenvalue weighted by molar-refractivity contribution is -0.133. The van der Waals surface area contributed by atoms with Crippen LogP contribution in [0.3, 0.4) is 0 Å². The molecule has 3 aromatic carbocycles. The minimum atomic E-state index is -0.167. The summed E-state index contributed by atoms with van der Waals surface area (Å²) in [7, 11) is 0. The molecule has 0 bridgehead atoms. The van der Waals surface area contributed by atoms with Gasteiger partial charge in [0.15, 0.2) is 0 Å². The maximum Gasteiger partial charge on any atom is 0.229 e. The van der Waals surface area contributed by atoms with Gasteiger partial charge in [-0.25, -0.2) is 0 Å². The minimum Gasteiger partial charge on any atom is -0.342 e. The van der Waals surface area contributed by atoms with Crippen LogP contribution < -0.4 is 5.32 Å². The van der Waals surface area contributed by atoms with Crippen molar-refractivity contribution < 1.29 is 9.59 Å². The van der Waals surface area contributed by atoms with Gasteiger partial charge in [0.1, 0.15) is 0 Å². The second-order valence-corrected chi connectivity index (χ2v) is 7.80. The molecule has 0 spiro atoms. The molecule has 1 heterocycles. The van der Waals surface area contributed by atoms with Crippen molar-refractivity contribution >= 4 is 28.3 Å². The number of anilines is 1. The SMILES string of the molecule is Cc1ccccc1NC(=O)C1CCCN(C(=O)Cc2cccc3ccccc23)C1. The van der Waals surface area contributed by atoms with E-state index in [0.717, 1.165) is 47.0 Å². The molecule has 0 saturated carbocycles. The lowest BCUT2D eigenvalue weighted by Crippen LogP contribution is -2.44. The molecule has 0 radical (unpaired) electrons. The molecule has 2 amide bonds. The van der Waals surface area contributed by atoms with Crippen LogP contribution in [0.1, 0.15) is 24.0 Å². The molecule has 4 nitrogen and oxygen atoms in total. The summed E-state index contributed by atoms with van der Waals surface area (Å²) in [6.07, 6.45) is 2.04. The van der Waals surface area contributed by atoms with E-state index in [1.807, 2.05) is 60.4 Å². The first kappa shape index (κ1) is 19.2. The molecular weight excluding hydrogens is 360 g/mol. The highest BCUT2D eigenvalue weighted by Crippen LogP contribution is 2.23. The van der Waals surface area contributed by atoms with E-state index < -0.39 is 0 Å². The number of aryl methyl sites for hydroxylation is 1. The molecule has 1 unspecified atom stereocenters. The Kier molecular flexibility index (Phi) is 5.61. The van der Waals surface area contributed by atoms with Crippen LogP contribution in [0.15, 0.2) is 66.7 Å². The van der Waals surface area contributed by atoms with Gasteiger partial charge < -0.3 is 10.2 Å². The van der Waals surface area contributed by atoms with Crippen molar-refractivity contribution in [3.05, 3.63) is 77.9 Å². The van der Waals surface area contributed by atoms with Crippen LogP contribution >= 0.6 is 0 Å². The first-order valence-electron chi connectivity index (χ1n) is 10.2. The number of benzene rings is 3. The number of fused-ring (bicyclic) bond motifs is 1. The first-order valence-corrected chi connectivity index (χ1v) is 10.2. The predicted molar refractivity (Wildman–Crippen MR) is 117 cm³/mol. The molecule has 1 fully saturated rings. The Bertz CT molecular complexity index is 1040. The molecule has 4 rings (SSSR count). The standard InChI is InChI=1S/C25H26N2O2/c1-18-8-2-5-14-23(18)26-25(29)21-12-7-15-27(17-21)24(28)16-20-11-6-10-19-9-3-4-13-22(19)20/h2-6,8-11,13-14,21H,7,12,15-17H2,1H3,(H,26,29). The van der Waals surface area contributed by atoms with Gasteiger partial charge >= 0.3 is 0 Å². The van der Waals surface area contributed by atoms with Crippen LogP contribution in [0.25, 0.3) is 10.8 Å². The van der Waals surface area contributed by atoms with Gasteiger partial charge in [-0.15, -0.1) is 0 Å². The first-order chi connectivity index (χ1) is 14.1. The fourth-order valence-corrected chi connectivity index (χ4v) is 4.09. The number of para-hydroxylation sites is 1. The van der Waals surface area contributed by atoms with Gasteiger partial charge in [0.05, 0.1) is 12.3 Å². The van der Waals surface area contributed by atoms with Crippen molar-refractivity contribution in [2.75, 3.05) is 18.4 Å². The number of carbonyl (C=O) groups is 2. The number of hydrogen-bond acceptors (Lipinski definition) is 2. The fraction of sp³-hybridized carbons (Fsp3) is 0.280. The second-order valence-electron chi connectivity index (χ2n) is 7.80. The van der Waals surface area contributed by atoms with E-state index in [1.54, 1.807) is 0 Å². The van der Waals surface area contributed by atoms with E-state index in [9.17, 15) is 9.59 Å². The average molecular weight is 386 g/mol. The molecule has 1 atom stereocenters. The monoisotopic (exact) mass is 386 g/mol. The number of amides is 2. The summed E-state index contributed by atoms with van der Waals surface area (Å²) in [5.41, 5.74) is 2.93. The van der Waals surface area contributed by atoms with Crippen molar-refractivity contribution in [1.29, 1.82) is 0 Å². The van der Waals surface area contributed by atoms with Gasteiger partial charge in [0.25, 0.3) is 0 Å². The molecule has 148 valence electrons. The number of likely N-dealkylation sites (tertiary alicyclic amines) is 1. The van der Waals surface area contributed by atoms with Crippen molar-refractivity contribution in [2.45, 2.75) is 26.2 Å². The normalized spacial score (nSPS) is 16.6. The van der Waals surface area contributed by atoms with Crippen LogP contribution in [0.4, 0.5) is 5.69 Å². The zero-order chi connectivity index (χ0) is 20.2. The largest absolute Gasteiger partial charge is 0.342 e. The van der Waals surface area contributed by atoms with Crippen LogP contribution in [0.5, 0.6) is 0 Å². The van der Waals surface area contributed by atoms with E-state index >= 15 is 0 Å². The number of rotatable bonds is 4. The van der Waals surface area contributed by atoms with Crippen molar-refractivity contribution in [1.82, 2.24) is 4.90 Å². The third-order valence-corrected chi connectivity index (χ3v) is 5.77. The maximum atomic E-state index is 13.0. The van der Waals surface area contributed by atoms with Crippen molar-refractivity contribution in [2.24, 2.45) is 5.92 Å². The Morgan fingerprint density at radius 2 is 1.76 bits per heavy atom. The zero-order valence-corrected chi connectivity index (χ0v) is 16.7. The van der Waals surface area contributed by atoms with Gasteiger partial charge in [-0.3, -0.25) is 9.59 Å². The van der Waals surface area contributed by atoms with Crippen LogP contribution in [-0.4, -0.2) is 29.8 Å². The summed E-state index contributed by atoms with van der Waals surface area (Å²) >= 11 is 0. The third kappa shape index (κ3) is 4.32. The Hall–Kier alpha value is -3.14. The summed E-state index contributed by atoms with van der Waals surface area (Å²) < 4.78 is 0. The molecule has 1 aliphatic rings. The summed E-state index contributed by atoms with van der Waals surface area (Å²) in [4.78, 5) is 27.6. The number of nitrogens with one attached hydrogen (secondary N) is 1. The summed E-state index contributed by atoms with van der Waals surface area (Å²) in [6, 6.07) is 22.0. The predicted octanol–water partition coefficient (Wildman–Crippen LogP) is 4.57. The summed E-state index contributed by atoms with van der Waals surface area (Å²) in [5, 5.41) is 5.30. The zero-order valence-electron chi connectivity index (χ0n) is 16.7. The molecule has 1 N–H and O–H groups in total. The number of hydrogen-bond donors (Lipinski definition) is 1. The lowest BCUT2D eigenvalue weighted by Gasteiger charge is -2.32. The summed E-state index contributed by atoms with van der Waals surface area (Å²) in [6.45, 7) is 3.19. The van der Waals surface area contributed by atoms with Crippen molar-refractivity contribution in [3.63, 3.8) is 0 Å². The smallest absolute Gasteiger partial charge is 0.229 e. The molecule has 1 saturated heterocycles. The van der Waals surface area contributed by atoms with Crippen LogP contribution in [0, 0.1) is 12.8 Å².